The van der Waals surface area contributed by atoms with E-state index in [1.807, 2.05) is 0 Å². The van der Waals surface area contributed by atoms with Crippen molar-refractivity contribution in [2.45, 2.75) is 5.41 Å². The van der Waals surface area contributed by atoms with E-state index < -0.39 is 5.41 Å². The van der Waals surface area contributed by atoms with E-state index in [0.717, 1.165) is 0 Å². The lowest BCUT2D eigenvalue weighted by atomic mass is 9.63. The van der Waals surface area contributed by atoms with E-state index in [0.29, 0.717) is 0 Å². The second-order valence-electron chi connectivity index (χ2n) is 7.76. The smallest absolute Gasteiger partial charge is 0.0707 e. The normalized spacial score (nSPS) is 10.9. The van der Waals surface area contributed by atoms with Crippen molar-refractivity contribution in [3.05, 3.63) is 168 Å². The van der Waals surface area contributed by atoms with Crippen molar-refractivity contribution in [1.82, 2.24) is 0 Å². The second kappa shape index (κ2) is 9.97. The summed E-state index contributed by atoms with van der Waals surface area (Å²) in [4.78, 5) is 0. The summed E-state index contributed by atoms with van der Waals surface area (Å²) in [7, 11) is 0. The van der Waals surface area contributed by atoms with Gasteiger partial charge in [0.25, 0.3) is 0 Å². The highest BCUT2D eigenvalue weighted by molar-refractivity contribution is 14.0. The molecule has 0 saturated carbocycles. The Morgan fingerprint density at radius 3 is 1.12 bits per heavy atom. The molecule has 0 N–H and O–H groups in total. The highest BCUT2D eigenvalue weighted by Gasteiger charge is 2.39. The van der Waals surface area contributed by atoms with Gasteiger partial charge in [-0.15, -0.1) is 24.0 Å². The summed E-state index contributed by atoms with van der Waals surface area (Å²) in [5, 5.41) is 0. The maximum atomic E-state index is 2.29. The standard InChI is InChI=1S/C31H24.HI/c1-5-15-25(16-6-1)29-23-13-14-24-30(29)31(26-17-7-2-8-18-26,27-19-9-3-10-20-27)28-21-11-4-12-22-28;/h1-24H;1H. The number of halogens is 1. The monoisotopic (exact) mass is 524 g/mol. The molecule has 0 unspecified atom stereocenters. The molecular weight excluding hydrogens is 499 g/mol. The summed E-state index contributed by atoms with van der Waals surface area (Å²) in [6.45, 7) is 0. The molecule has 1 heteroatoms. The maximum absolute atomic E-state index is 2.29. The van der Waals surface area contributed by atoms with E-state index in [-0.39, 0.29) is 24.0 Å². The van der Waals surface area contributed by atoms with Crippen LogP contribution in [-0.4, -0.2) is 0 Å². The van der Waals surface area contributed by atoms with Crippen molar-refractivity contribution < 1.29 is 0 Å². The van der Waals surface area contributed by atoms with Gasteiger partial charge in [-0.25, -0.2) is 0 Å². The van der Waals surface area contributed by atoms with Crippen LogP contribution >= 0.6 is 24.0 Å². The Morgan fingerprint density at radius 1 is 0.344 bits per heavy atom. The van der Waals surface area contributed by atoms with Crippen LogP contribution in [0.2, 0.25) is 0 Å². The number of benzene rings is 5. The van der Waals surface area contributed by atoms with Crippen LogP contribution in [0.4, 0.5) is 0 Å². The van der Waals surface area contributed by atoms with Gasteiger partial charge in [-0.3, -0.25) is 0 Å². The van der Waals surface area contributed by atoms with Crippen LogP contribution < -0.4 is 0 Å². The van der Waals surface area contributed by atoms with Gasteiger partial charge in [-0.2, -0.15) is 0 Å². The predicted octanol–water partition coefficient (Wildman–Crippen LogP) is 8.35. The molecule has 0 amide bonds. The lowest BCUT2D eigenvalue weighted by Crippen LogP contribution is -2.31. The maximum Gasteiger partial charge on any atom is 0.0707 e. The molecule has 0 aliphatic carbocycles. The van der Waals surface area contributed by atoms with Crippen molar-refractivity contribution in [3.8, 4) is 11.1 Å². The summed E-state index contributed by atoms with van der Waals surface area (Å²) in [6.07, 6.45) is 0. The highest BCUT2D eigenvalue weighted by atomic mass is 127. The van der Waals surface area contributed by atoms with Crippen LogP contribution in [-0.2, 0) is 5.41 Å². The zero-order valence-electron chi connectivity index (χ0n) is 17.8. The molecule has 0 atom stereocenters. The molecule has 0 fully saturated rings. The van der Waals surface area contributed by atoms with Gasteiger partial charge in [-0.05, 0) is 33.4 Å². The summed E-state index contributed by atoms with van der Waals surface area (Å²) in [6, 6.07) is 52.1. The summed E-state index contributed by atoms with van der Waals surface area (Å²) in [5.74, 6) is 0. The molecule has 156 valence electrons. The number of hydrogen-bond acceptors (Lipinski definition) is 0. The molecule has 0 heterocycles. The Morgan fingerprint density at radius 2 is 0.688 bits per heavy atom. The Bertz CT molecular complexity index is 1150. The summed E-state index contributed by atoms with van der Waals surface area (Å²) >= 11 is 0. The van der Waals surface area contributed by atoms with Gasteiger partial charge < -0.3 is 0 Å². The van der Waals surface area contributed by atoms with Gasteiger partial charge >= 0.3 is 0 Å². The van der Waals surface area contributed by atoms with Crippen LogP contribution in [0.5, 0.6) is 0 Å². The molecule has 5 rings (SSSR count). The predicted molar refractivity (Wildman–Crippen MR) is 146 cm³/mol. The second-order valence-corrected chi connectivity index (χ2v) is 7.76. The first-order valence-electron chi connectivity index (χ1n) is 10.7. The molecule has 0 bridgehead atoms. The van der Waals surface area contributed by atoms with Crippen molar-refractivity contribution in [1.29, 1.82) is 0 Å². The van der Waals surface area contributed by atoms with Gasteiger partial charge in [0.2, 0.25) is 0 Å². The lowest BCUT2D eigenvalue weighted by molar-refractivity contribution is 0.747. The quantitative estimate of drug-likeness (QED) is 0.160. The Labute approximate surface area is 207 Å². The molecule has 0 nitrogen and oxygen atoms in total. The largest absolute Gasteiger partial charge is 0.107 e. The highest BCUT2D eigenvalue weighted by Crippen LogP contribution is 2.48. The fourth-order valence-electron chi connectivity index (χ4n) is 4.71. The third kappa shape index (κ3) is 3.89. The van der Waals surface area contributed by atoms with E-state index in [4.69, 9.17) is 0 Å². The number of hydrogen-bond donors (Lipinski definition) is 0. The first-order chi connectivity index (χ1) is 15.4. The van der Waals surface area contributed by atoms with E-state index >= 15 is 0 Å². The molecule has 5 aromatic carbocycles. The van der Waals surface area contributed by atoms with Crippen molar-refractivity contribution >= 4 is 24.0 Å². The molecular formula is C31H25I. The first-order valence-corrected chi connectivity index (χ1v) is 10.7. The van der Waals surface area contributed by atoms with Crippen LogP contribution in [0, 0.1) is 0 Å². The molecule has 0 aliphatic rings. The molecule has 0 aliphatic heterocycles. The third-order valence-corrected chi connectivity index (χ3v) is 6.04. The minimum Gasteiger partial charge on any atom is -0.107 e. The Kier molecular flexibility index (Phi) is 6.87. The van der Waals surface area contributed by atoms with Crippen LogP contribution in [0.1, 0.15) is 22.3 Å². The van der Waals surface area contributed by atoms with Crippen molar-refractivity contribution in [3.63, 3.8) is 0 Å². The Hall–Kier alpha value is -3.17. The molecule has 32 heavy (non-hydrogen) atoms. The SMILES string of the molecule is I.c1ccc(-c2ccccc2C(c2ccccc2)(c2ccccc2)c2ccccc2)cc1. The average molecular weight is 524 g/mol. The minimum absolute atomic E-state index is 0. The first kappa shape index (κ1) is 22.0. The fraction of sp³-hybridized carbons (Fsp3) is 0.0323. The summed E-state index contributed by atoms with van der Waals surface area (Å²) in [5.41, 5.74) is 7.10. The van der Waals surface area contributed by atoms with E-state index in [1.54, 1.807) is 0 Å². The van der Waals surface area contributed by atoms with Crippen molar-refractivity contribution in [2.75, 3.05) is 0 Å². The zero-order chi connectivity index (χ0) is 20.9. The van der Waals surface area contributed by atoms with Gasteiger partial charge in [0.1, 0.15) is 0 Å². The fourth-order valence-corrected chi connectivity index (χ4v) is 4.71. The van der Waals surface area contributed by atoms with E-state index in [1.165, 1.54) is 33.4 Å². The van der Waals surface area contributed by atoms with Gasteiger partial charge in [0.05, 0.1) is 5.41 Å². The topological polar surface area (TPSA) is 0 Å². The van der Waals surface area contributed by atoms with Gasteiger partial charge in [-0.1, -0.05) is 146 Å². The van der Waals surface area contributed by atoms with Crippen LogP contribution in [0.25, 0.3) is 11.1 Å². The van der Waals surface area contributed by atoms with Gasteiger partial charge in [0.15, 0.2) is 0 Å². The Balaban J connectivity index is 0.00000245. The zero-order valence-corrected chi connectivity index (χ0v) is 20.1. The molecule has 0 spiro atoms. The van der Waals surface area contributed by atoms with E-state index in [2.05, 4.69) is 146 Å². The average Bonchev–Trinajstić information content (AvgIpc) is 2.87. The molecule has 0 radical (unpaired) electrons. The molecule has 5 aromatic rings. The molecule has 0 saturated heterocycles. The van der Waals surface area contributed by atoms with Crippen molar-refractivity contribution in [2.24, 2.45) is 0 Å². The molecule has 0 aromatic heterocycles. The number of rotatable bonds is 5. The van der Waals surface area contributed by atoms with Gasteiger partial charge in [0, 0.05) is 0 Å². The third-order valence-electron chi connectivity index (χ3n) is 6.04. The van der Waals surface area contributed by atoms with E-state index in [9.17, 15) is 0 Å². The lowest BCUT2D eigenvalue weighted by Gasteiger charge is -2.38. The minimum atomic E-state index is -0.434. The summed E-state index contributed by atoms with van der Waals surface area (Å²) < 4.78 is 0. The van der Waals surface area contributed by atoms with Crippen LogP contribution in [0.15, 0.2) is 146 Å². The van der Waals surface area contributed by atoms with Crippen LogP contribution in [0.3, 0.4) is 0 Å².